The Morgan fingerprint density at radius 3 is 2.67 bits per heavy atom. The Balaban J connectivity index is 2.62. The average Bonchev–Trinajstić information content (AvgIpc) is 2.99. The summed E-state index contributed by atoms with van der Waals surface area (Å²) in [6.45, 7) is -0.928. The van der Waals surface area contributed by atoms with E-state index in [0.29, 0.717) is 12.1 Å². The monoisotopic (exact) mass is 347 g/mol. The van der Waals surface area contributed by atoms with Crippen LogP contribution in [0.5, 0.6) is 0 Å². The number of amidine groups is 1. The first-order valence-electron chi connectivity index (χ1n) is 6.47. The number of oxime groups is 1. The van der Waals surface area contributed by atoms with Crippen molar-refractivity contribution in [3.63, 3.8) is 0 Å². The Labute approximate surface area is 133 Å². The summed E-state index contributed by atoms with van der Waals surface area (Å²) in [6.07, 6.45) is 2.07. The maximum atomic E-state index is 14.7. The zero-order valence-corrected chi connectivity index (χ0v) is 12.3. The first-order chi connectivity index (χ1) is 11.2. The van der Waals surface area contributed by atoms with E-state index in [9.17, 15) is 22.7 Å². The van der Waals surface area contributed by atoms with Gasteiger partial charge >= 0.3 is 5.92 Å². The van der Waals surface area contributed by atoms with Crippen LogP contribution in [0.3, 0.4) is 0 Å². The second kappa shape index (κ2) is 6.43. The van der Waals surface area contributed by atoms with Gasteiger partial charge in [-0.25, -0.2) is 18.4 Å². The Hall–Kier alpha value is -2.69. The van der Waals surface area contributed by atoms with E-state index in [1.165, 1.54) is 0 Å². The number of alkyl halides is 2. The highest BCUT2D eigenvalue weighted by molar-refractivity contribution is 5.88. The molecule has 1 aromatic heterocycles. The van der Waals surface area contributed by atoms with Gasteiger partial charge in [-0.15, -0.1) is 0 Å². The van der Waals surface area contributed by atoms with Crippen LogP contribution in [0.2, 0.25) is 0 Å². The molecule has 0 spiro atoms. The number of rotatable bonds is 6. The minimum absolute atomic E-state index is 0.362. The largest absolute Gasteiger partial charge is 0.398 e. The number of hydrogen-bond acceptors (Lipinski definition) is 5. The van der Waals surface area contributed by atoms with Crippen molar-refractivity contribution in [2.45, 2.75) is 18.1 Å². The number of aromatic nitrogens is 3. The minimum atomic E-state index is -4.27. The van der Waals surface area contributed by atoms with E-state index in [1.54, 1.807) is 0 Å². The summed E-state index contributed by atoms with van der Waals surface area (Å²) in [5, 5.41) is 17.1. The zero-order valence-electron chi connectivity index (χ0n) is 12.3. The number of aliphatic hydroxyl groups is 1. The lowest BCUT2D eigenvalue weighted by Crippen LogP contribution is -2.56. The highest BCUT2D eigenvalue weighted by atomic mass is 19.3. The number of nitrogens with two attached hydrogens (primary N) is 1. The lowest BCUT2D eigenvalue weighted by Gasteiger charge is -2.35. The number of halogens is 4. The molecular formula is C13H13F4N5O2. The van der Waals surface area contributed by atoms with Crippen molar-refractivity contribution in [2.24, 2.45) is 10.9 Å². The van der Waals surface area contributed by atoms with E-state index in [4.69, 9.17) is 5.73 Å². The van der Waals surface area contributed by atoms with Gasteiger partial charge in [-0.05, 0) is 12.1 Å². The fourth-order valence-electron chi connectivity index (χ4n) is 2.09. The third-order valence-corrected chi connectivity index (χ3v) is 3.26. The Morgan fingerprint density at radius 1 is 1.42 bits per heavy atom. The highest BCUT2D eigenvalue weighted by Gasteiger charge is 2.59. The van der Waals surface area contributed by atoms with Crippen LogP contribution < -0.4 is 5.73 Å². The number of nitrogens with zero attached hydrogens (tertiary/aromatic N) is 4. The van der Waals surface area contributed by atoms with Crippen molar-refractivity contribution in [1.82, 2.24) is 14.8 Å². The molecule has 0 aliphatic carbocycles. The van der Waals surface area contributed by atoms with Crippen LogP contribution in [-0.2, 0) is 17.0 Å². The van der Waals surface area contributed by atoms with Gasteiger partial charge in [0.05, 0.1) is 6.54 Å². The van der Waals surface area contributed by atoms with E-state index in [2.05, 4.69) is 20.1 Å². The molecule has 11 heteroatoms. The predicted octanol–water partition coefficient (Wildman–Crippen LogP) is 0.998. The molecule has 2 aromatic rings. The third kappa shape index (κ3) is 3.02. The predicted molar refractivity (Wildman–Crippen MR) is 73.9 cm³/mol. The first-order valence-corrected chi connectivity index (χ1v) is 6.47. The highest BCUT2D eigenvalue weighted by Crippen LogP contribution is 2.40. The summed E-state index contributed by atoms with van der Waals surface area (Å²) in [5.41, 5.74) is 1.05. The fraction of sp³-hybridized carbons (Fsp3) is 0.308. The topological polar surface area (TPSA) is 98.6 Å². The molecule has 1 unspecified atom stereocenters. The smallest absolute Gasteiger partial charge is 0.341 e. The quantitative estimate of drug-likeness (QED) is 0.352. The van der Waals surface area contributed by atoms with Crippen molar-refractivity contribution in [1.29, 1.82) is 0 Å². The zero-order chi connectivity index (χ0) is 18.0. The van der Waals surface area contributed by atoms with Gasteiger partial charge in [-0.1, -0.05) is 5.16 Å². The van der Waals surface area contributed by atoms with Gasteiger partial charge in [-0.2, -0.15) is 13.9 Å². The van der Waals surface area contributed by atoms with E-state index >= 15 is 0 Å². The van der Waals surface area contributed by atoms with Gasteiger partial charge in [0, 0.05) is 11.6 Å². The van der Waals surface area contributed by atoms with Crippen molar-refractivity contribution in [2.75, 3.05) is 7.11 Å². The van der Waals surface area contributed by atoms with Crippen LogP contribution in [-0.4, -0.2) is 38.7 Å². The molecule has 2 rings (SSSR count). The van der Waals surface area contributed by atoms with Crippen molar-refractivity contribution < 1.29 is 27.5 Å². The lowest BCUT2D eigenvalue weighted by molar-refractivity contribution is -0.156. The Bertz CT molecular complexity index is 738. The molecule has 1 atom stereocenters. The van der Waals surface area contributed by atoms with Crippen LogP contribution in [0.1, 0.15) is 5.56 Å². The molecule has 0 saturated carbocycles. The Kier molecular flexibility index (Phi) is 4.73. The second-order valence-electron chi connectivity index (χ2n) is 4.81. The molecule has 0 fully saturated rings. The van der Waals surface area contributed by atoms with Gasteiger partial charge < -0.3 is 15.7 Å². The molecule has 0 aliphatic heterocycles. The summed E-state index contributed by atoms with van der Waals surface area (Å²) in [7, 11) is 0.970. The first kappa shape index (κ1) is 17.7. The van der Waals surface area contributed by atoms with Gasteiger partial charge in [0.2, 0.25) is 5.84 Å². The molecule has 0 saturated heterocycles. The van der Waals surface area contributed by atoms with Gasteiger partial charge in [0.25, 0.3) is 0 Å². The molecule has 3 N–H and O–H groups in total. The number of benzene rings is 1. The summed E-state index contributed by atoms with van der Waals surface area (Å²) < 4.78 is 57.4. The van der Waals surface area contributed by atoms with E-state index in [-0.39, 0.29) is 0 Å². The summed E-state index contributed by atoms with van der Waals surface area (Å²) >= 11 is 0. The molecule has 130 valence electrons. The SMILES string of the molecule is CON=C(N)C(F)(F)C(O)(Cn1cncn1)c1ccc(F)cc1F. The lowest BCUT2D eigenvalue weighted by atomic mass is 9.86. The van der Waals surface area contributed by atoms with E-state index in [1.807, 2.05) is 0 Å². The Morgan fingerprint density at radius 2 is 2.12 bits per heavy atom. The van der Waals surface area contributed by atoms with E-state index in [0.717, 1.165) is 30.5 Å². The minimum Gasteiger partial charge on any atom is -0.398 e. The van der Waals surface area contributed by atoms with Crippen molar-refractivity contribution >= 4 is 5.84 Å². The van der Waals surface area contributed by atoms with Crippen molar-refractivity contribution in [3.05, 3.63) is 48.1 Å². The van der Waals surface area contributed by atoms with Crippen LogP contribution in [0.4, 0.5) is 17.6 Å². The standard InChI is InChI=1S/C13H13F4N5O2/c1-24-21-11(18)13(16,17)12(23,5-22-7-19-6-20-22)9-3-2-8(14)4-10(9)15/h2-4,6-7,23H,5H2,1H3,(H2,18,21). The molecular weight excluding hydrogens is 334 g/mol. The van der Waals surface area contributed by atoms with Crippen LogP contribution in [0.25, 0.3) is 0 Å². The van der Waals surface area contributed by atoms with Crippen LogP contribution in [0, 0.1) is 11.6 Å². The molecule has 0 radical (unpaired) electrons. The molecule has 0 aliphatic rings. The molecule has 1 heterocycles. The maximum absolute atomic E-state index is 14.7. The van der Waals surface area contributed by atoms with E-state index < -0.39 is 41.1 Å². The normalized spacial score (nSPS) is 15.2. The van der Waals surface area contributed by atoms with Gasteiger partial charge in [0.15, 0.2) is 5.60 Å². The third-order valence-electron chi connectivity index (χ3n) is 3.26. The summed E-state index contributed by atoms with van der Waals surface area (Å²) in [6, 6.07) is 1.78. The molecule has 24 heavy (non-hydrogen) atoms. The van der Waals surface area contributed by atoms with Gasteiger partial charge in [-0.3, -0.25) is 0 Å². The summed E-state index contributed by atoms with van der Waals surface area (Å²) in [4.78, 5) is 7.74. The van der Waals surface area contributed by atoms with Crippen molar-refractivity contribution in [3.8, 4) is 0 Å². The molecule has 0 amide bonds. The number of hydrogen-bond donors (Lipinski definition) is 2. The summed E-state index contributed by atoms with van der Waals surface area (Å²) in [5.74, 6) is -8.05. The average molecular weight is 347 g/mol. The molecule has 7 nitrogen and oxygen atoms in total. The van der Waals surface area contributed by atoms with Crippen LogP contribution >= 0.6 is 0 Å². The van der Waals surface area contributed by atoms with Crippen LogP contribution in [0.15, 0.2) is 36.0 Å². The van der Waals surface area contributed by atoms with Gasteiger partial charge in [0.1, 0.15) is 31.4 Å². The maximum Gasteiger partial charge on any atom is 0.341 e. The molecule has 1 aromatic carbocycles. The fourth-order valence-corrected chi connectivity index (χ4v) is 2.09. The second-order valence-corrected chi connectivity index (χ2v) is 4.81. The molecule has 0 bridgehead atoms.